The monoisotopic (exact) mass is 729 g/mol. The minimum atomic E-state index is -0.322. The maximum atomic E-state index is 11.2. The van der Waals surface area contributed by atoms with Crippen molar-refractivity contribution in [3.8, 4) is 11.8 Å². The molecule has 0 spiro atoms. The van der Waals surface area contributed by atoms with Gasteiger partial charge < -0.3 is 30.4 Å². The number of nitrogen functional groups attached to an aromatic ring is 1. The summed E-state index contributed by atoms with van der Waals surface area (Å²) in [6, 6.07) is 11.1. The fourth-order valence-corrected chi connectivity index (χ4v) is 6.48. The summed E-state index contributed by atoms with van der Waals surface area (Å²) in [5, 5.41) is 23.0. The molecule has 6 rings (SSSR count). The molecule has 2 aliphatic heterocycles. The molecular formula is C34H31N7O6S3. The van der Waals surface area contributed by atoms with E-state index in [4.69, 9.17) is 27.4 Å². The highest BCUT2D eigenvalue weighted by Crippen LogP contribution is 2.26. The van der Waals surface area contributed by atoms with Gasteiger partial charge in [-0.05, 0) is 72.9 Å². The third-order valence-corrected chi connectivity index (χ3v) is 8.60. The minimum absolute atomic E-state index is 0.0499. The average molecular weight is 730 g/mol. The molecule has 2 aliphatic rings. The predicted molar refractivity (Wildman–Crippen MR) is 196 cm³/mol. The smallest absolute Gasteiger partial charge is 0.244 e. The first kappa shape index (κ1) is 35.7. The van der Waals surface area contributed by atoms with Crippen LogP contribution in [0, 0.1) is 3.95 Å². The number of aliphatic imine (C=N–C) groups is 2. The van der Waals surface area contributed by atoms with E-state index in [-0.39, 0.29) is 23.6 Å². The van der Waals surface area contributed by atoms with Gasteiger partial charge in [0, 0.05) is 37.1 Å². The Kier molecular flexibility index (Phi) is 11.3. The Hall–Kier alpha value is -5.58. The Labute approximate surface area is 298 Å². The molecule has 0 aliphatic carbocycles. The van der Waals surface area contributed by atoms with Crippen LogP contribution >= 0.6 is 34.9 Å². The second kappa shape index (κ2) is 15.8. The number of nitrogens with zero attached hydrogens (tertiary/aromatic N) is 5. The largest absolute Gasteiger partial charge is 0.494 e. The van der Waals surface area contributed by atoms with Gasteiger partial charge in [-0.3, -0.25) is 9.59 Å². The molecule has 4 heterocycles. The van der Waals surface area contributed by atoms with Gasteiger partial charge in [0.25, 0.3) is 0 Å². The maximum absolute atomic E-state index is 11.2. The van der Waals surface area contributed by atoms with Crippen LogP contribution in [0.5, 0.6) is 11.8 Å². The van der Waals surface area contributed by atoms with Crippen molar-refractivity contribution in [2.24, 2.45) is 20.0 Å². The summed E-state index contributed by atoms with van der Waals surface area (Å²) >= 11 is 7.53. The number of aromatic hydroxyl groups is 2. The van der Waals surface area contributed by atoms with E-state index in [1.165, 1.54) is 36.5 Å². The number of benzene rings is 2. The Morgan fingerprint density at radius 2 is 1.36 bits per heavy atom. The zero-order valence-electron chi connectivity index (χ0n) is 27.3. The number of H-pyrrole nitrogens is 1. The van der Waals surface area contributed by atoms with Crippen LogP contribution in [0.1, 0.15) is 48.6 Å². The van der Waals surface area contributed by atoms with Gasteiger partial charge in [-0.15, -0.1) is 11.3 Å². The Morgan fingerprint density at radius 3 is 1.76 bits per heavy atom. The number of thiazole rings is 2. The number of hydrogen-bond acceptors (Lipinski definition) is 11. The number of amidine groups is 2. The highest BCUT2D eigenvalue weighted by atomic mass is 32.1. The van der Waals surface area contributed by atoms with E-state index in [0.717, 1.165) is 21.6 Å². The highest BCUT2D eigenvalue weighted by molar-refractivity contribution is 7.73. The molecule has 2 aromatic carbocycles. The van der Waals surface area contributed by atoms with Crippen molar-refractivity contribution >= 4 is 87.2 Å². The van der Waals surface area contributed by atoms with Crippen LogP contribution in [0.2, 0.25) is 0 Å². The number of fused-ring (bicyclic) bond motifs is 2. The van der Waals surface area contributed by atoms with Crippen LogP contribution in [-0.2, 0) is 19.1 Å². The summed E-state index contributed by atoms with van der Waals surface area (Å²) in [6.45, 7) is 7.46. The van der Waals surface area contributed by atoms with E-state index in [2.05, 4.69) is 29.9 Å². The van der Waals surface area contributed by atoms with E-state index in [0.29, 0.717) is 66.0 Å². The van der Waals surface area contributed by atoms with Gasteiger partial charge in [-0.25, -0.2) is 9.98 Å². The van der Waals surface area contributed by atoms with Crippen LogP contribution < -0.4 is 26.9 Å². The van der Waals surface area contributed by atoms with E-state index >= 15 is 0 Å². The fraction of sp³-hybridized carbons (Fsp3) is 0.176. The number of anilines is 1. The van der Waals surface area contributed by atoms with Gasteiger partial charge in [0.1, 0.15) is 11.5 Å². The van der Waals surface area contributed by atoms with Gasteiger partial charge in [-0.1, -0.05) is 23.5 Å². The number of nitrogens with two attached hydrogens (primary N) is 1. The summed E-state index contributed by atoms with van der Waals surface area (Å²) in [7, 11) is 0. The van der Waals surface area contributed by atoms with Crippen molar-refractivity contribution in [2.75, 3.05) is 18.9 Å². The van der Waals surface area contributed by atoms with Crippen molar-refractivity contribution in [3.63, 3.8) is 0 Å². The maximum Gasteiger partial charge on any atom is 0.244 e. The molecule has 0 radical (unpaired) electrons. The molecule has 0 saturated carbocycles. The number of rotatable bonds is 6. The molecule has 4 aromatic rings. The first-order chi connectivity index (χ1) is 23.9. The lowest BCUT2D eigenvalue weighted by atomic mass is 10.1. The zero-order chi connectivity index (χ0) is 35.9. The van der Waals surface area contributed by atoms with Gasteiger partial charge in [0.05, 0.1) is 33.7 Å². The van der Waals surface area contributed by atoms with Crippen LogP contribution in [0.15, 0.2) is 68.5 Å². The zero-order valence-corrected chi connectivity index (χ0v) is 29.7. The van der Waals surface area contributed by atoms with Crippen molar-refractivity contribution in [1.82, 2.24) is 9.97 Å². The lowest BCUT2D eigenvalue weighted by Crippen LogP contribution is -2.21. The van der Waals surface area contributed by atoms with Gasteiger partial charge >= 0.3 is 0 Å². The molecule has 0 fully saturated rings. The Balaban J connectivity index is 0.000000194. The van der Waals surface area contributed by atoms with Crippen LogP contribution in [0.3, 0.4) is 0 Å². The quantitative estimate of drug-likeness (QED) is 0.215. The Morgan fingerprint density at radius 1 is 0.860 bits per heavy atom. The number of amides is 2. The minimum Gasteiger partial charge on any atom is -0.494 e. The van der Waals surface area contributed by atoms with E-state index in [1.54, 1.807) is 18.2 Å². The molecule has 0 atom stereocenters. The average Bonchev–Trinajstić information content (AvgIpc) is 3.54. The predicted octanol–water partition coefficient (Wildman–Crippen LogP) is 3.51. The standard InChI is InChI=1S/C17H16N4O3S.C17H15N3O3S2/c1-3-24-13-8-15(19-9(2)22)20-12-5-4-10(6-11(12)13)7-14-16(23)21-17(18)25-14;1-3-23-13-8-15(18-9(2)21)19-12-5-4-10(6-11(12)13)7-14-16(22)20-17(24)25-14/h4-8,23H,3H2,1-2H3,(H2,18,21);4-8,22H,3H2,1-2H3,(H,20,24). The summed E-state index contributed by atoms with van der Waals surface area (Å²) in [5.41, 5.74) is 7.19. The van der Waals surface area contributed by atoms with Crippen molar-refractivity contribution in [1.29, 1.82) is 0 Å². The molecule has 256 valence electrons. The second-order valence-corrected chi connectivity index (χ2v) is 13.2. The first-order valence-corrected chi connectivity index (χ1v) is 17.1. The number of hydrogen-bond donors (Lipinski definition) is 4. The second-order valence-electron chi connectivity index (χ2n) is 10.4. The Bertz CT molecular complexity index is 2440. The van der Waals surface area contributed by atoms with Gasteiger partial charge in [-0.2, -0.15) is 15.0 Å². The normalized spacial score (nSPS) is 15.5. The van der Waals surface area contributed by atoms with Crippen LogP contribution in [0.4, 0.5) is 5.13 Å². The number of nitrogens with one attached hydrogen (secondary N) is 1. The number of carbonyl (C=O) groups is 2. The summed E-state index contributed by atoms with van der Waals surface area (Å²) in [6.07, 6.45) is 6.90. The van der Waals surface area contributed by atoms with Crippen LogP contribution in [-0.4, -0.2) is 56.9 Å². The molecule has 16 heteroatoms. The number of aromatic amines is 1. The SMILES string of the molecule is CCOC1=CC(=NC(C)=O)N=c2ccc(=Cc3sc(=S)[nH]c3O)cc21.CCOC1=CC(=NC(C)=O)N=c2ccc(=Cc3sc(N)nc3O)cc21. The van der Waals surface area contributed by atoms with Crippen LogP contribution in [0.25, 0.3) is 23.7 Å². The number of aromatic nitrogens is 2. The van der Waals surface area contributed by atoms with Crippen molar-refractivity contribution in [2.45, 2.75) is 27.7 Å². The molecule has 0 saturated heterocycles. The van der Waals surface area contributed by atoms with Gasteiger partial charge in [0.2, 0.25) is 23.6 Å². The van der Waals surface area contributed by atoms with E-state index < -0.39 is 0 Å². The summed E-state index contributed by atoms with van der Waals surface area (Å²) < 4.78 is 11.9. The van der Waals surface area contributed by atoms with E-state index in [9.17, 15) is 19.8 Å². The molecule has 5 N–H and O–H groups in total. The lowest BCUT2D eigenvalue weighted by molar-refractivity contribution is -0.116. The van der Waals surface area contributed by atoms with Crippen molar-refractivity contribution < 1.29 is 29.3 Å². The molecule has 0 unspecified atom stereocenters. The van der Waals surface area contributed by atoms with Gasteiger partial charge in [0.15, 0.2) is 20.8 Å². The molecular weight excluding hydrogens is 699 g/mol. The topological polar surface area (TPSA) is 197 Å². The molecule has 50 heavy (non-hydrogen) atoms. The third kappa shape index (κ3) is 8.90. The fourth-order valence-electron chi connectivity index (χ4n) is 4.73. The highest BCUT2D eigenvalue weighted by Gasteiger charge is 2.15. The summed E-state index contributed by atoms with van der Waals surface area (Å²) in [4.78, 5) is 46.6. The number of carbonyl (C=O) groups excluding carboxylic acids is 2. The lowest BCUT2D eigenvalue weighted by Gasteiger charge is -2.13. The molecule has 13 nitrogen and oxygen atoms in total. The third-order valence-electron chi connectivity index (χ3n) is 6.61. The van der Waals surface area contributed by atoms with E-state index in [1.807, 2.05) is 56.3 Å². The van der Waals surface area contributed by atoms with Crippen molar-refractivity contribution in [3.05, 3.63) is 94.5 Å². The summed E-state index contributed by atoms with van der Waals surface area (Å²) in [5.74, 6) is 1.15. The molecule has 2 aromatic heterocycles. The first-order valence-electron chi connectivity index (χ1n) is 15.1. The molecule has 2 amide bonds. The molecule has 0 bridgehead atoms. The number of ether oxygens (including phenoxy) is 2.